The molecule has 0 unspecified atom stereocenters. The first-order valence-electron chi connectivity index (χ1n) is 17.0. The summed E-state index contributed by atoms with van der Waals surface area (Å²) in [6.07, 6.45) is 11.2. The van der Waals surface area contributed by atoms with Crippen LogP contribution in [0.2, 0.25) is 0 Å². The number of rotatable bonds is 11. The largest absolute Gasteiger partial charge is 0.497 e. The molecule has 48 heavy (non-hydrogen) atoms. The van der Waals surface area contributed by atoms with Crippen molar-refractivity contribution in [2.45, 2.75) is 38.1 Å². The normalized spacial score (nSPS) is 17.7. The first kappa shape index (κ1) is 31.8. The number of aromatic nitrogens is 2. The Morgan fingerprint density at radius 3 is 2.54 bits per heavy atom. The summed E-state index contributed by atoms with van der Waals surface area (Å²) in [5.41, 5.74) is 3.80. The van der Waals surface area contributed by atoms with Crippen LogP contribution in [0.15, 0.2) is 66.9 Å². The molecule has 0 N–H and O–H groups in total. The quantitative estimate of drug-likeness (QED) is 0.194. The Morgan fingerprint density at radius 1 is 0.917 bits per heavy atom. The molecule has 0 radical (unpaired) electrons. The maximum atomic E-state index is 13.7. The first-order chi connectivity index (χ1) is 23.5. The number of hydrogen-bond acceptors (Lipinski definition) is 7. The standard InChI is InChI=1S/C38H43N5O5/c1-46-30-15-12-27(13-16-30)36-39-35(32-10-4-6-18-43(32)36)38(45)41-22-20-40(21-23-41)17-5-3-7-24-48-34-25-28-11-14-29-9-8-19-42(29)37(44)31(28)26-33(34)47-2/h4,6,10-16,18,25-26,29H,3,5,7-9,17,19-24H2,1-2H3/t29-/m0/s1. The molecular formula is C38H43N5O5. The highest BCUT2D eigenvalue weighted by Gasteiger charge is 2.32. The molecule has 10 nitrogen and oxygen atoms in total. The van der Waals surface area contributed by atoms with Crippen molar-refractivity contribution < 1.29 is 23.8 Å². The van der Waals surface area contributed by atoms with Crippen LogP contribution in [0.25, 0.3) is 23.0 Å². The van der Waals surface area contributed by atoms with Crippen LogP contribution in [-0.4, -0.2) is 102 Å². The van der Waals surface area contributed by atoms with E-state index >= 15 is 0 Å². The summed E-state index contributed by atoms with van der Waals surface area (Å²) in [7, 11) is 3.27. The van der Waals surface area contributed by atoms with Crippen LogP contribution in [0.4, 0.5) is 0 Å². The fourth-order valence-corrected chi connectivity index (χ4v) is 7.04. The van der Waals surface area contributed by atoms with Crippen LogP contribution in [-0.2, 0) is 0 Å². The number of piperazine rings is 1. The van der Waals surface area contributed by atoms with E-state index in [2.05, 4.69) is 17.1 Å². The van der Waals surface area contributed by atoms with E-state index in [1.54, 1.807) is 14.2 Å². The molecule has 2 aromatic carbocycles. The van der Waals surface area contributed by atoms with E-state index in [1.165, 1.54) is 0 Å². The number of carbonyl (C=O) groups is 2. The van der Waals surface area contributed by atoms with Gasteiger partial charge in [0.1, 0.15) is 11.6 Å². The van der Waals surface area contributed by atoms with Gasteiger partial charge in [-0.1, -0.05) is 18.2 Å². The number of amides is 2. The van der Waals surface area contributed by atoms with Crippen LogP contribution in [0.5, 0.6) is 17.2 Å². The molecule has 2 aromatic heterocycles. The number of ether oxygens (including phenoxy) is 3. The average Bonchev–Trinajstić information content (AvgIpc) is 3.74. The van der Waals surface area contributed by atoms with Gasteiger partial charge in [0.25, 0.3) is 11.8 Å². The minimum atomic E-state index is -0.0243. The van der Waals surface area contributed by atoms with Crippen molar-refractivity contribution in [3.8, 4) is 28.6 Å². The van der Waals surface area contributed by atoms with E-state index in [4.69, 9.17) is 19.2 Å². The summed E-state index contributed by atoms with van der Waals surface area (Å²) >= 11 is 0. The molecule has 250 valence electrons. The highest BCUT2D eigenvalue weighted by Crippen LogP contribution is 2.35. The minimum absolute atomic E-state index is 0.0243. The number of pyridine rings is 1. The van der Waals surface area contributed by atoms with Gasteiger partial charge >= 0.3 is 0 Å². The zero-order chi connectivity index (χ0) is 33.0. The second-order valence-corrected chi connectivity index (χ2v) is 12.7. The molecular weight excluding hydrogens is 606 g/mol. The lowest BCUT2D eigenvalue weighted by molar-refractivity contribution is 0.0631. The number of imidazole rings is 1. The SMILES string of the molecule is COc1ccc(-c2nc(C(=O)N3CCN(CCCCCOc4cc5c(cc4OC)C(=O)N4CCC[C@H]4C=C5)CC3)c3ccccn23)cc1. The number of fused-ring (bicyclic) bond motifs is 3. The summed E-state index contributed by atoms with van der Waals surface area (Å²) in [6, 6.07) is 17.6. The van der Waals surface area contributed by atoms with Crippen LogP contribution >= 0.6 is 0 Å². The Morgan fingerprint density at radius 2 is 1.75 bits per heavy atom. The molecule has 1 atom stereocenters. The molecule has 4 aromatic rings. The number of carbonyl (C=O) groups excluding carboxylic acids is 2. The highest BCUT2D eigenvalue weighted by atomic mass is 16.5. The Bertz CT molecular complexity index is 1810. The van der Waals surface area contributed by atoms with Crippen molar-refractivity contribution in [2.24, 2.45) is 0 Å². The van der Waals surface area contributed by atoms with Gasteiger partial charge < -0.3 is 24.0 Å². The minimum Gasteiger partial charge on any atom is -0.497 e. The molecule has 3 aliphatic rings. The number of methoxy groups -OCH3 is 2. The van der Waals surface area contributed by atoms with E-state index in [0.717, 1.165) is 86.5 Å². The van der Waals surface area contributed by atoms with Gasteiger partial charge in [0.15, 0.2) is 17.2 Å². The lowest BCUT2D eigenvalue weighted by Crippen LogP contribution is -2.49. The molecule has 0 spiro atoms. The molecule has 0 bridgehead atoms. The fraction of sp³-hybridized carbons (Fsp3) is 0.395. The number of benzene rings is 2. The Labute approximate surface area is 281 Å². The fourth-order valence-electron chi connectivity index (χ4n) is 7.04. The van der Waals surface area contributed by atoms with Crippen molar-refractivity contribution in [3.63, 3.8) is 0 Å². The lowest BCUT2D eigenvalue weighted by Gasteiger charge is -2.34. The van der Waals surface area contributed by atoms with Gasteiger partial charge in [0.05, 0.1) is 37.9 Å². The third-order valence-corrected chi connectivity index (χ3v) is 9.76. The smallest absolute Gasteiger partial charge is 0.274 e. The van der Waals surface area contributed by atoms with E-state index < -0.39 is 0 Å². The summed E-state index contributed by atoms with van der Waals surface area (Å²) in [6.45, 7) is 5.42. The van der Waals surface area contributed by atoms with E-state index in [-0.39, 0.29) is 17.9 Å². The lowest BCUT2D eigenvalue weighted by atomic mass is 10.1. The number of nitrogens with zero attached hydrogens (tertiary/aromatic N) is 5. The highest BCUT2D eigenvalue weighted by molar-refractivity contribution is 6.01. The Hall–Kier alpha value is -4.83. The Balaban J connectivity index is 0.883. The molecule has 5 heterocycles. The van der Waals surface area contributed by atoms with Crippen LogP contribution in [0.1, 0.15) is 58.5 Å². The van der Waals surface area contributed by atoms with E-state index in [9.17, 15) is 9.59 Å². The molecule has 2 amide bonds. The third-order valence-electron chi connectivity index (χ3n) is 9.76. The monoisotopic (exact) mass is 649 g/mol. The van der Waals surface area contributed by atoms with Gasteiger partial charge in [0.2, 0.25) is 0 Å². The number of hydrogen-bond donors (Lipinski definition) is 0. The third kappa shape index (κ3) is 6.36. The van der Waals surface area contributed by atoms with E-state index in [0.29, 0.717) is 42.5 Å². The second-order valence-electron chi connectivity index (χ2n) is 12.7. The Kier molecular flexibility index (Phi) is 9.34. The van der Waals surface area contributed by atoms with Crippen LogP contribution < -0.4 is 14.2 Å². The summed E-state index contributed by atoms with van der Waals surface area (Å²) in [4.78, 5) is 38.0. The van der Waals surface area contributed by atoms with E-state index in [1.807, 2.05) is 75.0 Å². The first-order valence-corrected chi connectivity index (χ1v) is 17.0. The van der Waals surface area contributed by atoms with Gasteiger partial charge in [-0.2, -0.15) is 0 Å². The van der Waals surface area contributed by atoms with Crippen molar-refractivity contribution in [1.82, 2.24) is 24.1 Å². The van der Waals surface area contributed by atoms with Crippen molar-refractivity contribution in [1.29, 1.82) is 0 Å². The summed E-state index contributed by atoms with van der Waals surface area (Å²) in [5.74, 6) is 2.84. The molecule has 10 heteroatoms. The van der Waals surface area contributed by atoms with Crippen molar-refractivity contribution >= 4 is 23.4 Å². The van der Waals surface area contributed by atoms with Crippen molar-refractivity contribution in [3.05, 3.63) is 83.7 Å². The number of unbranched alkanes of at least 4 members (excludes halogenated alkanes) is 2. The molecule has 2 fully saturated rings. The maximum Gasteiger partial charge on any atom is 0.274 e. The zero-order valence-electron chi connectivity index (χ0n) is 27.8. The van der Waals surface area contributed by atoms with Crippen LogP contribution in [0.3, 0.4) is 0 Å². The van der Waals surface area contributed by atoms with Crippen molar-refractivity contribution in [2.75, 3.05) is 60.1 Å². The summed E-state index contributed by atoms with van der Waals surface area (Å²) in [5, 5.41) is 0. The van der Waals surface area contributed by atoms with Gasteiger partial charge in [-0.05, 0) is 92.7 Å². The molecule has 7 rings (SSSR count). The van der Waals surface area contributed by atoms with Gasteiger partial charge in [-0.3, -0.25) is 18.9 Å². The molecule has 2 saturated heterocycles. The predicted molar refractivity (Wildman–Crippen MR) is 185 cm³/mol. The van der Waals surface area contributed by atoms with Crippen LogP contribution in [0, 0.1) is 0 Å². The van der Waals surface area contributed by atoms with Gasteiger partial charge in [-0.15, -0.1) is 0 Å². The molecule has 3 aliphatic heterocycles. The molecule has 0 aliphatic carbocycles. The summed E-state index contributed by atoms with van der Waals surface area (Å²) < 4.78 is 19.1. The maximum absolute atomic E-state index is 13.7. The second kappa shape index (κ2) is 14.1. The average molecular weight is 650 g/mol. The van der Waals surface area contributed by atoms with Gasteiger partial charge in [0, 0.05) is 44.5 Å². The predicted octanol–water partition coefficient (Wildman–Crippen LogP) is 5.66. The van der Waals surface area contributed by atoms with Gasteiger partial charge in [-0.25, -0.2) is 4.98 Å². The molecule has 0 saturated carbocycles. The topological polar surface area (TPSA) is 88.9 Å². The zero-order valence-corrected chi connectivity index (χ0v) is 27.8.